The molecule has 1 N–H and O–H groups in total. The fourth-order valence-corrected chi connectivity index (χ4v) is 2.14. The molecule has 0 bridgehead atoms. The fraction of sp³-hybridized carbons (Fsp3) is 0.500. The second-order valence-corrected chi connectivity index (χ2v) is 4.59. The third-order valence-electron chi connectivity index (χ3n) is 3.18. The summed E-state index contributed by atoms with van der Waals surface area (Å²) in [5, 5.41) is 20.4. The number of halogens is 3. The van der Waals surface area contributed by atoms with Crippen LogP contribution in [0.4, 0.5) is 18.9 Å². The Morgan fingerprint density at radius 1 is 1.35 bits per heavy atom. The van der Waals surface area contributed by atoms with Crippen molar-refractivity contribution in [1.29, 1.82) is 0 Å². The predicted molar refractivity (Wildman–Crippen MR) is 62.4 cm³/mol. The summed E-state index contributed by atoms with van der Waals surface area (Å²) in [7, 11) is 0. The lowest BCUT2D eigenvalue weighted by Crippen LogP contribution is -2.26. The van der Waals surface area contributed by atoms with E-state index in [1.54, 1.807) is 0 Å². The van der Waals surface area contributed by atoms with E-state index in [0.717, 1.165) is 12.1 Å². The fourth-order valence-electron chi connectivity index (χ4n) is 2.14. The van der Waals surface area contributed by atoms with Gasteiger partial charge in [0, 0.05) is 6.07 Å². The number of nitro groups is 1. The SMILES string of the molecule is O=[N+]([O-])c1cc(C(F)(F)F)ccc1O[C@H]1CCC[C@@H]1O. The normalized spacial score (nSPS) is 22.8. The van der Waals surface area contributed by atoms with E-state index < -0.39 is 34.6 Å². The summed E-state index contributed by atoms with van der Waals surface area (Å²) in [5.41, 5.74) is -1.86. The van der Waals surface area contributed by atoms with Crippen molar-refractivity contribution in [2.45, 2.75) is 37.6 Å². The lowest BCUT2D eigenvalue weighted by molar-refractivity contribution is -0.386. The molecule has 0 aliphatic heterocycles. The molecule has 1 aromatic rings. The van der Waals surface area contributed by atoms with Crippen molar-refractivity contribution in [2.75, 3.05) is 0 Å². The number of alkyl halides is 3. The summed E-state index contributed by atoms with van der Waals surface area (Å²) in [6, 6.07) is 2.09. The third kappa shape index (κ3) is 3.01. The first kappa shape index (κ1) is 14.6. The van der Waals surface area contributed by atoms with E-state index in [1.165, 1.54) is 0 Å². The number of hydrogen-bond donors (Lipinski definition) is 1. The number of nitro benzene ring substituents is 1. The molecule has 2 atom stereocenters. The monoisotopic (exact) mass is 291 g/mol. The van der Waals surface area contributed by atoms with Crippen molar-refractivity contribution >= 4 is 5.69 Å². The Morgan fingerprint density at radius 3 is 2.55 bits per heavy atom. The number of nitrogens with zero attached hydrogens (tertiary/aromatic N) is 1. The molecular formula is C12H12F3NO4. The first-order valence-electron chi connectivity index (χ1n) is 5.99. The Bertz CT molecular complexity index is 518. The Labute approximate surface area is 112 Å². The van der Waals surface area contributed by atoms with Crippen molar-refractivity contribution < 1.29 is 27.9 Å². The third-order valence-corrected chi connectivity index (χ3v) is 3.18. The lowest BCUT2D eigenvalue weighted by atomic mass is 10.1. The van der Waals surface area contributed by atoms with Crippen LogP contribution in [-0.2, 0) is 6.18 Å². The molecule has 110 valence electrons. The van der Waals surface area contributed by atoms with E-state index >= 15 is 0 Å². The first-order chi connectivity index (χ1) is 9.29. The molecule has 2 rings (SSSR count). The minimum absolute atomic E-state index is 0.256. The summed E-state index contributed by atoms with van der Waals surface area (Å²) < 4.78 is 42.9. The summed E-state index contributed by atoms with van der Waals surface area (Å²) >= 11 is 0. The molecule has 0 spiro atoms. The molecule has 0 aromatic heterocycles. The number of aliphatic hydroxyl groups is 1. The molecule has 20 heavy (non-hydrogen) atoms. The Hall–Kier alpha value is -1.83. The second kappa shape index (κ2) is 5.28. The van der Waals surface area contributed by atoms with Gasteiger partial charge in [0.15, 0.2) is 5.75 Å². The number of benzene rings is 1. The molecule has 0 heterocycles. The van der Waals surface area contributed by atoms with Crippen LogP contribution >= 0.6 is 0 Å². The van der Waals surface area contributed by atoms with Gasteiger partial charge in [0.2, 0.25) is 0 Å². The van der Waals surface area contributed by atoms with E-state index in [-0.39, 0.29) is 5.75 Å². The van der Waals surface area contributed by atoms with Gasteiger partial charge in [-0.1, -0.05) is 0 Å². The average Bonchev–Trinajstić information content (AvgIpc) is 2.74. The molecule has 8 heteroatoms. The van der Waals surface area contributed by atoms with Crippen LogP contribution in [0.5, 0.6) is 5.75 Å². The van der Waals surface area contributed by atoms with Crippen LogP contribution in [0.25, 0.3) is 0 Å². The summed E-state index contributed by atoms with van der Waals surface area (Å²) in [4.78, 5) is 9.93. The van der Waals surface area contributed by atoms with Crippen LogP contribution in [0.3, 0.4) is 0 Å². The Kier molecular flexibility index (Phi) is 3.85. The highest BCUT2D eigenvalue weighted by Crippen LogP contribution is 2.37. The molecule has 5 nitrogen and oxygen atoms in total. The van der Waals surface area contributed by atoms with E-state index in [1.807, 2.05) is 0 Å². The van der Waals surface area contributed by atoms with Gasteiger partial charge in [-0.25, -0.2) is 0 Å². The van der Waals surface area contributed by atoms with E-state index in [2.05, 4.69) is 0 Å². The lowest BCUT2D eigenvalue weighted by Gasteiger charge is -2.17. The number of aliphatic hydroxyl groups excluding tert-OH is 1. The van der Waals surface area contributed by atoms with Crippen LogP contribution in [0.15, 0.2) is 18.2 Å². The summed E-state index contributed by atoms with van der Waals surface area (Å²) in [5.74, 6) is -0.256. The van der Waals surface area contributed by atoms with Crippen molar-refractivity contribution in [2.24, 2.45) is 0 Å². The topological polar surface area (TPSA) is 72.6 Å². The van der Waals surface area contributed by atoms with Crippen LogP contribution in [0.2, 0.25) is 0 Å². The molecule has 1 aromatic carbocycles. The maximum absolute atomic E-state index is 12.5. The van der Waals surface area contributed by atoms with Crippen LogP contribution < -0.4 is 4.74 Å². The smallest absolute Gasteiger partial charge is 0.416 e. The highest BCUT2D eigenvalue weighted by Gasteiger charge is 2.34. The van der Waals surface area contributed by atoms with Gasteiger partial charge in [0.25, 0.3) is 0 Å². The van der Waals surface area contributed by atoms with Gasteiger partial charge >= 0.3 is 11.9 Å². The van der Waals surface area contributed by atoms with Crippen LogP contribution in [-0.4, -0.2) is 22.2 Å². The van der Waals surface area contributed by atoms with Crippen molar-refractivity contribution in [3.63, 3.8) is 0 Å². The number of hydrogen-bond acceptors (Lipinski definition) is 4. The van der Waals surface area contributed by atoms with Gasteiger partial charge < -0.3 is 9.84 Å². The van der Waals surface area contributed by atoms with Crippen molar-refractivity contribution in [3.05, 3.63) is 33.9 Å². The predicted octanol–water partition coefficient (Wildman–Crippen LogP) is 2.91. The summed E-state index contributed by atoms with van der Waals surface area (Å²) in [6.07, 6.45) is -4.29. The molecule has 0 saturated heterocycles. The van der Waals surface area contributed by atoms with Gasteiger partial charge in [-0.05, 0) is 31.4 Å². The highest BCUT2D eigenvalue weighted by atomic mass is 19.4. The zero-order chi connectivity index (χ0) is 14.9. The van der Waals surface area contributed by atoms with Gasteiger partial charge in [-0.3, -0.25) is 10.1 Å². The molecule has 1 fully saturated rings. The maximum atomic E-state index is 12.5. The highest BCUT2D eigenvalue weighted by molar-refractivity contribution is 5.49. The van der Waals surface area contributed by atoms with Crippen molar-refractivity contribution in [1.82, 2.24) is 0 Å². The molecule has 1 aliphatic rings. The van der Waals surface area contributed by atoms with Gasteiger partial charge in [0.05, 0.1) is 16.6 Å². The first-order valence-corrected chi connectivity index (χ1v) is 5.99. The zero-order valence-electron chi connectivity index (χ0n) is 10.3. The minimum atomic E-state index is -4.66. The standard InChI is InChI=1S/C12H12F3NO4/c13-12(14,15)7-4-5-10(8(6-7)16(18)19)20-11-3-1-2-9(11)17/h4-6,9,11,17H,1-3H2/t9-,11-/m0/s1. The molecule has 0 radical (unpaired) electrons. The molecule has 1 saturated carbocycles. The Balaban J connectivity index is 2.31. The van der Waals surface area contributed by atoms with Crippen LogP contribution in [0, 0.1) is 10.1 Å². The molecule has 0 unspecified atom stereocenters. The summed E-state index contributed by atoms with van der Waals surface area (Å²) in [6.45, 7) is 0. The quantitative estimate of drug-likeness (QED) is 0.686. The molecule has 1 aliphatic carbocycles. The van der Waals surface area contributed by atoms with E-state index in [9.17, 15) is 28.4 Å². The van der Waals surface area contributed by atoms with Gasteiger partial charge in [-0.15, -0.1) is 0 Å². The molecular weight excluding hydrogens is 279 g/mol. The van der Waals surface area contributed by atoms with E-state index in [4.69, 9.17) is 4.74 Å². The number of ether oxygens (including phenoxy) is 1. The van der Waals surface area contributed by atoms with Gasteiger partial charge in [0.1, 0.15) is 6.10 Å². The average molecular weight is 291 g/mol. The van der Waals surface area contributed by atoms with Gasteiger partial charge in [-0.2, -0.15) is 13.2 Å². The van der Waals surface area contributed by atoms with Crippen LogP contribution in [0.1, 0.15) is 24.8 Å². The maximum Gasteiger partial charge on any atom is 0.416 e. The largest absolute Gasteiger partial charge is 0.481 e. The van der Waals surface area contributed by atoms with Crippen molar-refractivity contribution in [3.8, 4) is 5.75 Å². The van der Waals surface area contributed by atoms with E-state index in [0.29, 0.717) is 25.3 Å². The number of rotatable bonds is 3. The Morgan fingerprint density at radius 2 is 2.05 bits per heavy atom. The minimum Gasteiger partial charge on any atom is -0.481 e. The second-order valence-electron chi connectivity index (χ2n) is 4.59. The zero-order valence-corrected chi connectivity index (χ0v) is 10.3. The molecule has 0 amide bonds.